The summed E-state index contributed by atoms with van der Waals surface area (Å²) in [5.74, 6) is 0. The summed E-state index contributed by atoms with van der Waals surface area (Å²) in [4.78, 5) is 2.67. The summed E-state index contributed by atoms with van der Waals surface area (Å²) in [6.45, 7) is 7.09. The van der Waals surface area contributed by atoms with Gasteiger partial charge >= 0.3 is 0 Å². The second-order valence-electron chi connectivity index (χ2n) is 13.2. The minimum atomic E-state index is 1.24. The predicted octanol–water partition coefficient (Wildman–Crippen LogP) is 14.2. The number of hydrogen-bond donors (Lipinski definition) is 0. The van der Waals surface area contributed by atoms with Crippen molar-refractivity contribution in [2.24, 2.45) is 0 Å². The smallest absolute Gasteiger partial charge is 0.0366 e. The molecule has 0 aliphatic carbocycles. The molecule has 0 heterocycles. The van der Waals surface area contributed by atoms with Gasteiger partial charge in [-0.3, -0.25) is 0 Å². The minimum Gasteiger partial charge on any atom is -0.372 e. The van der Waals surface area contributed by atoms with E-state index in [9.17, 15) is 0 Å². The van der Waals surface area contributed by atoms with Gasteiger partial charge in [0.05, 0.1) is 0 Å². The average Bonchev–Trinajstić information content (AvgIpc) is 3.00. The second-order valence-corrected chi connectivity index (χ2v) is 13.2. The molecule has 0 spiro atoms. The van der Waals surface area contributed by atoms with Crippen molar-refractivity contribution in [3.05, 3.63) is 30.3 Å². The molecule has 0 radical (unpaired) electrons. The van der Waals surface area contributed by atoms with Crippen LogP contribution in [-0.4, -0.2) is 13.1 Å². The predicted molar refractivity (Wildman–Crippen MR) is 189 cm³/mol. The van der Waals surface area contributed by atoms with Crippen LogP contribution in [0, 0.1) is 0 Å². The Labute approximate surface area is 260 Å². The van der Waals surface area contributed by atoms with E-state index in [4.69, 9.17) is 0 Å². The summed E-state index contributed by atoms with van der Waals surface area (Å²) in [5.41, 5.74) is 1.43. The van der Waals surface area contributed by atoms with Gasteiger partial charge in [0.1, 0.15) is 0 Å². The fourth-order valence-electron chi connectivity index (χ4n) is 6.36. The van der Waals surface area contributed by atoms with Crippen molar-refractivity contribution < 1.29 is 0 Å². The fourth-order valence-corrected chi connectivity index (χ4v) is 6.36. The minimum absolute atomic E-state index is 1.24. The molecular formula is C40H75N. The maximum absolute atomic E-state index is 2.67. The number of nitrogens with zero attached hydrogens (tertiary/aromatic N) is 1. The van der Waals surface area contributed by atoms with Crippen LogP contribution in [0.5, 0.6) is 0 Å². The monoisotopic (exact) mass is 570 g/mol. The molecule has 0 aromatic heterocycles. The van der Waals surface area contributed by atoms with Crippen molar-refractivity contribution in [3.8, 4) is 0 Å². The van der Waals surface area contributed by atoms with Crippen LogP contribution in [-0.2, 0) is 0 Å². The first-order valence-corrected chi connectivity index (χ1v) is 19.2. The molecule has 1 rings (SSSR count). The highest BCUT2D eigenvalue weighted by Gasteiger charge is 2.06. The summed E-state index contributed by atoms with van der Waals surface area (Å²) < 4.78 is 0. The third kappa shape index (κ3) is 26.4. The molecular weight excluding hydrogens is 494 g/mol. The average molecular weight is 570 g/mol. The van der Waals surface area contributed by atoms with E-state index in [1.165, 1.54) is 211 Å². The number of hydrogen-bond acceptors (Lipinski definition) is 1. The molecule has 0 bridgehead atoms. The van der Waals surface area contributed by atoms with Crippen LogP contribution in [0.4, 0.5) is 5.69 Å². The lowest BCUT2D eigenvalue weighted by Crippen LogP contribution is -2.25. The zero-order valence-electron chi connectivity index (χ0n) is 28.5. The topological polar surface area (TPSA) is 3.24 Å². The molecule has 0 saturated carbocycles. The SMILES string of the molecule is CCCCCCCCCCCCCCCCCN(CCCCCCCCCCCCCCCCC)c1ccccc1. The van der Waals surface area contributed by atoms with Gasteiger partial charge in [0.15, 0.2) is 0 Å². The Kier molecular flexibility index (Phi) is 29.6. The van der Waals surface area contributed by atoms with Crippen LogP contribution in [0.2, 0.25) is 0 Å². The molecule has 0 aliphatic rings. The third-order valence-electron chi connectivity index (χ3n) is 9.18. The molecule has 0 N–H and O–H groups in total. The Bertz CT molecular complexity index is 562. The molecule has 0 amide bonds. The lowest BCUT2D eigenvalue weighted by molar-refractivity contribution is 0.526. The second kappa shape index (κ2) is 31.9. The molecule has 0 saturated heterocycles. The lowest BCUT2D eigenvalue weighted by Gasteiger charge is -2.25. The van der Waals surface area contributed by atoms with Gasteiger partial charge in [0.2, 0.25) is 0 Å². The van der Waals surface area contributed by atoms with Crippen molar-refractivity contribution in [2.45, 2.75) is 206 Å². The molecule has 1 aromatic carbocycles. The van der Waals surface area contributed by atoms with Gasteiger partial charge in [-0.05, 0) is 25.0 Å². The van der Waals surface area contributed by atoms with Gasteiger partial charge in [0, 0.05) is 18.8 Å². The van der Waals surface area contributed by atoms with Gasteiger partial charge < -0.3 is 4.90 Å². The summed E-state index contributed by atoms with van der Waals surface area (Å²) >= 11 is 0. The van der Waals surface area contributed by atoms with Gasteiger partial charge in [0.25, 0.3) is 0 Å². The van der Waals surface area contributed by atoms with Crippen LogP contribution >= 0.6 is 0 Å². The highest BCUT2D eigenvalue weighted by Crippen LogP contribution is 2.18. The fraction of sp³-hybridized carbons (Fsp3) is 0.850. The molecule has 0 atom stereocenters. The van der Waals surface area contributed by atoms with Crippen molar-refractivity contribution in [3.63, 3.8) is 0 Å². The normalized spacial score (nSPS) is 11.4. The van der Waals surface area contributed by atoms with Crippen LogP contribution in [0.15, 0.2) is 30.3 Å². The number of unbranched alkanes of at least 4 members (excludes halogenated alkanes) is 28. The Hall–Kier alpha value is -0.980. The first-order valence-electron chi connectivity index (χ1n) is 19.2. The Morgan fingerprint density at radius 3 is 0.829 bits per heavy atom. The van der Waals surface area contributed by atoms with E-state index in [1.54, 1.807) is 0 Å². The van der Waals surface area contributed by atoms with Crippen LogP contribution in [0.1, 0.15) is 206 Å². The molecule has 0 unspecified atom stereocenters. The van der Waals surface area contributed by atoms with E-state index >= 15 is 0 Å². The van der Waals surface area contributed by atoms with Crippen LogP contribution in [0.3, 0.4) is 0 Å². The van der Waals surface area contributed by atoms with Crippen molar-refractivity contribution in [1.29, 1.82) is 0 Å². The first kappa shape index (κ1) is 38.0. The highest BCUT2D eigenvalue weighted by atomic mass is 15.1. The molecule has 1 heteroatoms. The van der Waals surface area contributed by atoms with E-state index in [1.807, 2.05) is 0 Å². The molecule has 1 aromatic rings. The molecule has 0 fully saturated rings. The quantitative estimate of drug-likeness (QED) is 0.0761. The van der Waals surface area contributed by atoms with Gasteiger partial charge in [-0.1, -0.05) is 212 Å². The van der Waals surface area contributed by atoms with Crippen molar-refractivity contribution >= 4 is 5.69 Å². The van der Waals surface area contributed by atoms with Gasteiger partial charge in [-0.15, -0.1) is 0 Å². The van der Waals surface area contributed by atoms with E-state index in [-0.39, 0.29) is 0 Å². The van der Waals surface area contributed by atoms with E-state index in [0.717, 1.165) is 0 Å². The summed E-state index contributed by atoms with van der Waals surface area (Å²) in [7, 11) is 0. The lowest BCUT2D eigenvalue weighted by atomic mass is 10.0. The zero-order chi connectivity index (χ0) is 29.3. The van der Waals surface area contributed by atoms with E-state index < -0.39 is 0 Å². The van der Waals surface area contributed by atoms with Gasteiger partial charge in [-0.25, -0.2) is 0 Å². The molecule has 1 nitrogen and oxygen atoms in total. The number of para-hydroxylation sites is 1. The van der Waals surface area contributed by atoms with Crippen molar-refractivity contribution in [1.82, 2.24) is 0 Å². The maximum atomic E-state index is 2.67. The summed E-state index contributed by atoms with van der Waals surface area (Å²) in [5, 5.41) is 0. The van der Waals surface area contributed by atoms with Crippen molar-refractivity contribution in [2.75, 3.05) is 18.0 Å². The standard InChI is InChI=1S/C40H75N/c1-3-5-7-9-11-13-15-17-19-21-23-25-27-29-34-38-41(40-36-32-31-33-37-40)39-35-30-28-26-24-22-20-18-16-14-12-10-8-6-4-2/h31-33,36-37H,3-30,34-35,38-39H2,1-2H3. The van der Waals surface area contributed by atoms with Gasteiger partial charge in [-0.2, -0.15) is 0 Å². The highest BCUT2D eigenvalue weighted by molar-refractivity contribution is 5.45. The number of rotatable bonds is 33. The Morgan fingerprint density at radius 2 is 0.561 bits per heavy atom. The molecule has 41 heavy (non-hydrogen) atoms. The maximum Gasteiger partial charge on any atom is 0.0366 e. The Morgan fingerprint density at radius 1 is 0.317 bits per heavy atom. The van der Waals surface area contributed by atoms with Crippen LogP contribution in [0.25, 0.3) is 0 Å². The molecule has 0 aliphatic heterocycles. The summed E-state index contributed by atoms with van der Waals surface area (Å²) in [6.07, 6.45) is 43.3. The largest absolute Gasteiger partial charge is 0.372 e. The van der Waals surface area contributed by atoms with E-state index in [0.29, 0.717) is 0 Å². The Balaban J connectivity index is 1.97. The number of anilines is 1. The molecule has 240 valence electrons. The van der Waals surface area contributed by atoms with E-state index in [2.05, 4.69) is 49.1 Å². The first-order chi connectivity index (χ1) is 20.4. The third-order valence-corrected chi connectivity index (χ3v) is 9.18. The number of benzene rings is 1. The zero-order valence-corrected chi connectivity index (χ0v) is 28.5. The van der Waals surface area contributed by atoms with Crippen LogP contribution < -0.4 is 4.90 Å². The summed E-state index contributed by atoms with van der Waals surface area (Å²) in [6, 6.07) is 11.2.